The van der Waals surface area contributed by atoms with Crippen molar-refractivity contribution >= 4 is 33.2 Å². The fourth-order valence-electron chi connectivity index (χ4n) is 2.42. The maximum absolute atomic E-state index is 12.6. The van der Waals surface area contributed by atoms with Crippen LogP contribution in [0, 0.1) is 13.8 Å². The zero-order valence-electron chi connectivity index (χ0n) is 15.4. The van der Waals surface area contributed by atoms with Crippen molar-refractivity contribution in [2.75, 3.05) is 24.7 Å². The fraction of sp³-hybridized carbons (Fsp3) is 0.316. The average Bonchev–Trinajstić information content (AvgIpc) is 2.57. The minimum atomic E-state index is -3.55. The van der Waals surface area contributed by atoms with E-state index in [9.17, 15) is 13.2 Å². The van der Waals surface area contributed by atoms with Gasteiger partial charge < -0.3 is 4.90 Å². The van der Waals surface area contributed by atoms with Crippen LogP contribution in [-0.4, -0.2) is 38.5 Å². The predicted molar refractivity (Wildman–Crippen MR) is 106 cm³/mol. The first-order valence-electron chi connectivity index (χ1n) is 8.11. The Morgan fingerprint density at radius 3 is 2.19 bits per heavy atom. The van der Waals surface area contributed by atoms with Crippen LogP contribution >= 0.6 is 11.6 Å². The Morgan fingerprint density at radius 2 is 1.65 bits per heavy atom. The number of sulfonamides is 1. The number of hydrogen-bond donors (Lipinski definition) is 0. The molecule has 0 unspecified atom stereocenters. The maximum atomic E-state index is 12.6. The quantitative estimate of drug-likeness (QED) is 0.754. The van der Waals surface area contributed by atoms with Crippen LogP contribution in [0.1, 0.15) is 16.7 Å². The third kappa shape index (κ3) is 5.30. The first-order chi connectivity index (χ1) is 12.1. The van der Waals surface area contributed by atoms with Gasteiger partial charge in [0.2, 0.25) is 15.9 Å². The number of amides is 1. The van der Waals surface area contributed by atoms with E-state index < -0.39 is 10.0 Å². The normalized spacial score (nSPS) is 11.6. The summed E-state index contributed by atoms with van der Waals surface area (Å²) in [5.41, 5.74) is 3.71. The van der Waals surface area contributed by atoms with Crippen LogP contribution < -0.4 is 4.90 Å². The molecule has 0 saturated carbocycles. The van der Waals surface area contributed by atoms with Gasteiger partial charge in [0, 0.05) is 24.3 Å². The Morgan fingerprint density at radius 1 is 1.04 bits per heavy atom. The van der Waals surface area contributed by atoms with E-state index in [-0.39, 0.29) is 19.0 Å². The van der Waals surface area contributed by atoms with Crippen molar-refractivity contribution in [1.82, 2.24) is 4.31 Å². The Labute approximate surface area is 160 Å². The molecule has 2 aromatic carbocycles. The van der Waals surface area contributed by atoms with Crippen molar-refractivity contribution < 1.29 is 13.2 Å². The van der Waals surface area contributed by atoms with Crippen LogP contribution in [0.3, 0.4) is 0 Å². The van der Waals surface area contributed by atoms with E-state index in [4.69, 9.17) is 11.6 Å². The van der Waals surface area contributed by atoms with E-state index in [0.717, 1.165) is 32.9 Å². The predicted octanol–water partition coefficient (Wildman–Crippen LogP) is 3.38. The molecule has 0 atom stereocenters. The van der Waals surface area contributed by atoms with Crippen molar-refractivity contribution in [2.24, 2.45) is 0 Å². The summed E-state index contributed by atoms with van der Waals surface area (Å²) in [7, 11) is -1.90. The Balaban J connectivity index is 2.17. The molecule has 5 nitrogen and oxygen atoms in total. The van der Waals surface area contributed by atoms with E-state index in [0.29, 0.717) is 5.02 Å². The highest BCUT2D eigenvalue weighted by Crippen LogP contribution is 2.19. The largest absolute Gasteiger partial charge is 0.314 e. The molecule has 0 radical (unpaired) electrons. The van der Waals surface area contributed by atoms with E-state index >= 15 is 0 Å². The molecule has 0 heterocycles. The second-order valence-corrected chi connectivity index (χ2v) is 8.80. The van der Waals surface area contributed by atoms with Gasteiger partial charge in [-0.3, -0.25) is 4.79 Å². The summed E-state index contributed by atoms with van der Waals surface area (Å²) in [5.74, 6) is -0.298. The van der Waals surface area contributed by atoms with Gasteiger partial charge in [0.1, 0.15) is 0 Å². The average molecular weight is 395 g/mol. The van der Waals surface area contributed by atoms with Gasteiger partial charge >= 0.3 is 0 Å². The molecular formula is C19H23ClN2O3S. The molecule has 0 fully saturated rings. The lowest BCUT2D eigenvalue weighted by Crippen LogP contribution is -2.40. The van der Waals surface area contributed by atoms with E-state index in [2.05, 4.69) is 0 Å². The van der Waals surface area contributed by atoms with Gasteiger partial charge in [-0.25, -0.2) is 8.42 Å². The number of carbonyl (C=O) groups is 1. The molecule has 2 aromatic rings. The summed E-state index contributed by atoms with van der Waals surface area (Å²) in [5, 5.41) is 0.574. The third-order valence-electron chi connectivity index (χ3n) is 4.30. The van der Waals surface area contributed by atoms with Gasteiger partial charge in [0.15, 0.2) is 0 Å². The summed E-state index contributed by atoms with van der Waals surface area (Å²) < 4.78 is 25.4. The van der Waals surface area contributed by atoms with E-state index in [1.165, 1.54) is 4.90 Å². The monoisotopic (exact) mass is 394 g/mol. The van der Waals surface area contributed by atoms with Crippen LogP contribution in [-0.2, 0) is 21.4 Å². The van der Waals surface area contributed by atoms with Crippen molar-refractivity contribution in [3.05, 3.63) is 64.2 Å². The lowest BCUT2D eigenvalue weighted by atomic mass is 10.1. The van der Waals surface area contributed by atoms with Crippen LogP contribution in [0.4, 0.5) is 5.69 Å². The summed E-state index contributed by atoms with van der Waals surface area (Å²) in [4.78, 5) is 14.1. The molecule has 0 aromatic heterocycles. The Bertz CT molecular complexity index is 896. The molecule has 7 heteroatoms. The number of carbonyl (C=O) groups excluding carboxylic acids is 1. The standard InChI is InChI=1S/C19H23ClN2O3S/c1-14-5-10-18(11-15(14)2)21(3)19(23)13-22(26(4,24)25)12-16-6-8-17(20)9-7-16/h5-11H,12-13H2,1-4H3. The summed E-state index contributed by atoms with van der Waals surface area (Å²) in [6.07, 6.45) is 1.10. The number of nitrogens with zero attached hydrogens (tertiary/aromatic N) is 2. The molecule has 26 heavy (non-hydrogen) atoms. The number of rotatable bonds is 6. The molecular weight excluding hydrogens is 372 g/mol. The molecule has 1 amide bonds. The lowest BCUT2D eigenvalue weighted by molar-refractivity contribution is -0.118. The fourth-order valence-corrected chi connectivity index (χ4v) is 3.27. The molecule has 0 spiro atoms. The third-order valence-corrected chi connectivity index (χ3v) is 5.75. The zero-order chi connectivity index (χ0) is 19.5. The summed E-state index contributed by atoms with van der Waals surface area (Å²) in [6, 6.07) is 12.6. The Kier molecular flexibility index (Phi) is 6.44. The highest BCUT2D eigenvalue weighted by Gasteiger charge is 2.23. The van der Waals surface area contributed by atoms with Gasteiger partial charge in [-0.1, -0.05) is 29.8 Å². The van der Waals surface area contributed by atoms with Crippen molar-refractivity contribution in [1.29, 1.82) is 0 Å². The molecule has 0 bridgehead atoms. The highest BCUT2D eigenvalue weighted by atomic mass is 35.5. The number of anilines is 1. The number of aryl methyl sites for hydroxylation is 2. The molecule has 2 rings (SSSR count). The number of likely N-dealkylation sites (N-methyl/N-ethyl adjacent to an activating group) is 1. The van der Waals surface area contributed by atoms with Crippen molar-refractivity contribution in [2.45, 2.75) is 20.4 Å². The smallest absolute Gasteiger partial charge is 0.242 e. The van der Waals surface area contributed by atoms with Gasteiger partial charge in [0.25, 0.3) is 0 Å². The highest BCUT2D eigenvalue weighted by molar-refractivity contribution is 7.88. The number of hydrogen-bond acceptors (Lipinski definition) is 3. The number of benzene rings is 2. The SMILES string of the molecule is Cc1ccc(N(C)C(=O)CN(Cc2ccc(Cl)cc2)S(C)(=O)=O)cc1C. The topological polar surface area (TPSA) is 57.7 Å². The van der Waals surface area contributed by atoms with Crippen LogP contribution in [0.5, 0.6) is 0 Å². The van der Waals surface area contributed by atoms with Crippen LogP contribution in [0.2, 0.25) is 5.02 Å². The van der Waals surface area contributed by atoms with Crippen molar-refractivity contribution in [3.63, 3.8) is 0 Å². The van der Waals surface area contributed by atoms with E-state index in [1.54, 1.807) is 31.3 Å². The van der Waals surface area contributed by atoms with Gasteiger partial charge in [0.05, 0.1) is 12.8 Å². The Hall–Kier alpha value is -1.89. The van der Waals surface area contributed by atoms with Gasteiger partial charge in [-0.2, -0.15) is 4.31 Å². The minimum absolute atomic E-state index is 0.114. The summed E-state index contributed by atoms with van der Waals surface area (Å²) >= 11 is 5.86. The maximum Gasteiger partial charge on any atom is 0.242 e. The van der Waals surface area contributed by atoms with Crippen LogP contribution in [0.15, 0.2) is 42.5 Å². The molecule has 0 aliphatic carbocycles. The second kappa shape index (κ2) is 8.20. The molecule has 0 saturated heterocycles. The van der Waals surface area contributed by atoms with E-state index in [1.807, 2.05) is 32.0 Å². The summed E-state index contributed by atoms with van der Waals surface area (Å²) in [6.45, 7) is 3.85. The van der Waals surface area contributed by atoms with Crippen LogP contribution in [0.25, 0.3) is 0 Å². The van der Waals surface area contributed by atoms with Gasteiger partial charge in [-0.05, 0) is 54.8 Å². The molecule has 140 valence electrons. The second-order valence-electron chi connectivity index (χ2n) is 6.38. The molecule has 0 aliphatic rings. The van der Waals surface area contributed by atoms with Crippen molar-refractivity contribution in [3.8, 4) is 0 Å². The minimum Gasteiger partial charge on any atom is -0.314 e. The molecule has 0 N–H and O–H groups in total. The first kappa shape index (κ1) is 20.4. The molecule has 0 aliphatic heterocycles. The lowest BCUT2D eigenvalue weighted by Gasteiger charge is -2.24. The van der Waals surface area contributed by atoms with Gasteiger partial charge in [-0.15, -0.1) is 0 Å². The number of halogens is 1. The zero-order valence-corrected chi connectivity index (χ0v) is 16.9. The first-order valence-corrected chi connectivity index (χ1v) is 10.3.